The van der Waals surface area contributed by atoms with E-state index in [1.54, 1.807) is 12.1 Å². The lowest BCUT2D eigenvalue weighted by atomic mass is 10.2. The molecule has 21 heavy (non-hydrogen) atoms. The van der Waals surface area contributed by atoms with Crippen LogP contribution in [0.1, 0.15) is 10.4 Å². The Bertz CT molecular complexity index is 639. The van der Waals surface area contributed by atoms with Gasteiger partial charge in [0.25, 0.3) is 5.91 Å². The number of anilines is 1. The molecule has 1 amide bonds. The van der Waals surface area contributed by atoms with Crippen LogP contribution in [-0.2, 0) is 0 Å². The molecule has 2 aromatic carbocycles. The number of phenolic OH excluding ortho intramolecular Hbond substituents is 1. The number of halogens is 3. The van der Waals surface area contributed by atoms with Crippen LogP contribution in [0.5, 0.6) is 11.5 Å². The zero-order chi connectivity index (χ0) is 15.5. The fraction of sp³-hybridized carbons (Fsp3) is 0.0714. The standard InChI is InChI=1S/C14H10F3NO3/c15-14(16,17)21-10-7-5-9(6-8-10)13(20)18-11-3-1-2-4-12(11)19/h1-8,19H,(H,18,20). The molecule has 0 saturated carbocycles. The summed E-state index contributed by atoms with van der Waals surface area (Å²) < 4.78 is 39.7. The lowest BCUT2D eigenvalue weighted by molar-refractivity contribution is -0.274. The van der Waals surface area contributed by atoms with E-state index < -0.39 is 18.0 Å². The van der Waals surface area contributed by atoms with E-state index in [-0.39, 0.29) is 17.0 Å². The smallest absolute Gasteiger partial charge is 0.506 e. The fourth-order valence-corrected chi connectivity index (χ4v) is 1.58. The highest BCUT2D eigenvalue weighted by Crippen LogP contribution is 2.24. The zero-order valence-corrected chi connectivity index (χ0v) is 10.5. The van der Waals surface area contributed by atoms with Gasteiger partial charge in [-0.2, -0.15) is 0 Å². The van der Waals surface area contributed by atoms with Crippen LogP contribution < -0.4 is 10.1 Å². The van der Waals surface area contributed by atoms with E-state index in [0.29, 0.717) is 0 Å². The average Bonchev–Trinajstić information content (AvgIpc) is 2.40. The van der Waals surface area contributed by atoms with E-state index in [2.05, 4.69) is 10.1 Å². The summed E-state index contributed by atoms with van der Waals surface area (Å²) in [5, 5.41) is 12.0. The third-order valence-corrected chi connectivity index (χ3v) is 2.50. The number of amides is 1. The summed E-state index contributed by atoms with van der Waals surface area (Å²) in [5.41, 5.74) is 0.339. The summed E-state index contributed by atoms with van der Waals surface area (Å²) in [4.78, 5) is 11.9. The Balaban J connectivity index is 2.08. The highest BCUT2D eigenvalue weighted by atomic mass is 19.4. The van der Waals surface area contributed by atoms with Gasteiger partial charge in [0.15, 0.2) is 0 Å². The van der Waals surface area contributed by atoms with Crippen LogP contribution in [0.3, 0.4) is 0 Å². The molecular weight excluding hydrogens is 287 g/mol. The topological polar surface area (TPSA) is 58.6 Å². The zero-order valence-electron chi connectivity index (χ0n) is 10.5. The molecule has 0 atom stereocenters. The van der Waals surface area contributed by atoms with Crippen LogP contribution in [0.15, 0.2) is 48.5 Å². The number of nitrogens with one attached hydrogen (secondary N) is 1. The van der Waals surface area contributed by atoms with Crippen molar-refractivity contribution in [3.63, 3.8) is 0 Å². The first-order chi connectivity index (χ1) is 9.85. The second kappa shape index (κ2) is 5.74. The molecule has 0 bridgehead atoms. The molecule has 0 aliphatic heterocycles. The molecule has 0 heterocycles. The van der Waals surface area contributed by atoms with E-state index in [1.807, 2.05) is 0 Å². The van der Waals surface area contributed by atoms with Crippen molar-refractivity contribution in [2.24, 2.45) is 0 Å². The first-order valence-electron chi connectivity index (χ1n) is 5.80. The minimum atomic E-state index is -4.78. The number of hydrogen-bond acceptors (Lipinski definition) is 3. The van der Waals surface area contributed by atoms with Crippen molar-refractivity contribution < 1.29 is 27.8 Å². The lowest BCUT2D eigenvalue weighted by Gasteiger charge is -2.10. The van der Waals surface area contributed by atoms with Gasteiger partial charge >= 0.3 is 6.36 Å². The van der Waals surface area contributed by atoms with Gasteiger partial charge in [0.05, 0.1) is 5.69 Å². The Labute approximate surface area is 117 Å². The normalized spacial score (nSPS) is 11.0. The third kappa shape index (κ3) is 4.13. The van der Waals surface area contributed by atoms with Crippen molar-refractivity contribution in [2.45, 2.75) is 6.36 Å². The van der Waals surface area contributed by atoms with E-state index in [9.17, 15) is 23.1 Å². The maximum absolute atomic E-state index is 12.0. The van der Waals surface area contributed by atoms with Crippen molar-refractivity contribution in [1.82, 2.24) is 0 Å². The number of hydrogen-bond donors (Lipinski definition) is 2. The number of rotatable bonds is 3. The number of alkyl halides is 3. The maximum Gasteiger partial charge on any atom is 0.573 e. The van der Waals surface area contributed by atoms with Gasteiger partial charge in [0, 0.05) is 5.56 Å². The van der Waals surface area contributed by atoms with Crippen LogP contribution in [0.4, 0.5) is 18.9 Å². The quantitative estimate of drug-likeness (QED) is 0.852. The molecule has 0 aromatic heterocycles. The number of phenols is 1. The molecule has 7 heteroatoms. The van der Waals surface area contributed by atoms with E-state index in [4.69, 9.17) is 0 Å². The number of para-hydroxylation sites is 2. The van der Waals surface area contributed by atoms with E-state index in [0.717, 1.165) is 12.1 Å². The largest absolute Gasteiger partial charge is 0.573 e. The predicted octanol–water partition coefficient (Wildman–Crippen LogP) is 3.54. The van der Waals surface area contributed by atoms with Crippen LogP contribution in [0.25, 0.3) is 0 Å². The van der Waals surface area contributed by atoms with Gasteiger partial charge in [0.2, 0.25) is 0 Å². The van der Waals surface area contributed by atoms with Crippen molar-refractivity contribution in [1.29, 1.82) is 0 Å². The monoisotopic (exact) mass is 297 g/mol. The van der Waals surface area contributed by atoms with E-state index >= 15 is 0 Å². The molecule has 2 aromatic rings. The molecule has 0 aliphatic rings. The van der Waals surface area contributed by atoms with Gasteiger partial charge in [-0.15, -0.1) is 13.2 Å². The van der Waals surface area contributed by atoms with Gasteiger partial charge < -0.3 is 15.2 Å². The second-order valence-electron chi connectivity index (χ2n) is 4.04. The summed E-state index contributed by atoms with van der Waals surface area (Å²) in [6.45, 7) is 0. The molecular formula is C14H10F3NO3. The molecule has 0 spiro atoms. The molecule has 2 N–H and O–H groups in total. The molecule has 4 nitrogen and oxygen atoms in total. The molecule has 0 aliphatic carbocycles. The number of benzene rings is 2. The Morgan fingerprint density at radius 1 is 1.05 bits per heavy atom. The highest BCUT2D eigenvalue weighted by Gasteiger charge is 2.31. The number of carbonyl (C=O) groups is 1. The third-order valence-electron chi connectivity index (χ3n) is 2.50. The van der Waals surface area contributed by atoms with Crippen molar-refractivity contribution >= 4 is 11.6 Å². The van der Waals surface area contributed by atoms with Gasteiger partial charge in [-0.25, -0.2) is 0 Å². The molecule has 0 fully saturated rings. The van der Waals surface area contributed by atoms with Gasteiger partial charge in [-0.05, 0) is 36.4 Å². The highest BCUT2D eigenvalue weighted by molar-refractivity contribution is 6.05. The van der Waals surface area contributed by atoms with Gasteiger partial charge in [-0.1, -0.05) is 12.1 Å². The van der Waals surface area contributed by atoms with Crippen LogP contribution in [-0.4, -0.2) is 17.4 Å². The van der Waals surface area contributed by atoms with Crippen molar-refractivity contribution in [3.05, 3.63) is 54.1 Å². The van der Waals surface area contributed by atoms with Crippen LogP contribution in [0, 0.1) is 0 Å². The Morgan fingerprint density at radius 2 is 1.67 bits per heavy atom. The maximum atomic E-state index is 12.0. The van der Waals surface area contributed by atoms with Gasteiger partial charge in [0.1, 0.15) is 11.5 Å². The van der Waals surface area contributed by atoms with Crippen LogP contribution in [0.2, 0.25) is 0 Å². The second-order valence-corrected chi connectivity index (χ2v) is 4.04. The Kier molecular flexibility index (Phi) is 4.02. The molecule has 2 rings (SSSR count). The number of aromatic hydroxyl groups is 1. The minimum Gasteiger partial charge on any atom is -0.506 e. The first-order valence-corrected chi connectivity index (χ1v) is 5.80. The lowest BCUT2D eigenvalue weighted by Crippen LogP contribution is -2.17. The van der Waals surface area contributed by atoms with E-state index in [1.165, 1.54) is 24.3 Å². The predicted molar refractivity (Wildman–Crippen MR) is 69.2 cm³/mol. The summed E-state index contributed by atoms with van der Waals surface area (Å²) in [6.07, 6.45) is -4.78. The molecule has 0 unspecified atom stereocenters. The average molecular weight is 297 g/mol. The summed E-state index contributed by atoms with van der Waals surface area (Å²) in [7, 11) is 0. The van der Waals surface area contributed by atoms with Crippen LogP contribution >= 0.6 is 0 Å². The molecule has 0 radical (unpaired) electrons. The number of carbonyl (C=O) groups excluding carboxylic acids is 1. The SMILES string of the molecule is O=C(Nc1ccccc1O)c1ccc(OC(F)(F)F)cc1. The van der Waals surface area contributed by atoms with Gasteiger partial charge in [-0.3, -0.25) is 4.79 Å². The molecule has 0 saturated heterocycles. The first kappa shape index (κ1) is 14.7. The summed E-state index contributed by atoms with van der Waals surface area (Å²) >= 11 is 0. The number of ether oxygens (including phenoxy) is 1. The Morgan fingerprint density at radius 3 is 2.24 bits per heavy atom. The summed E-state index contributed by atoms with van der Waals surface area (Å²) in [5.74, 6) is -1.08. The summed E-state index contributed by atoms with van der Waals surface area (Å²) in [6, 6.07) is 10.6. The Hall–Kier alpha value is -2.70. The minimum absolute atomic E-state index is 0.108. The van der Waals surface area contributed by atoms with Crippen molar-refractivity contribution in [3.8, 4) is 11.5 Å². The molecule has 110 valence electrons. The van der Waals surface area contributed by atoms with Crippen molar-refractivity contribution in [2.75, 3.05) is 5.32 Å². The fourth-order valence-electron chi connectivity index (χ4n) is 1.58.